The van der Waals surface area contributed by atoms with Crippen molar-refractivity contribution < 1.29 is 14.3 Å². The van der Waals surface area contributed by atoms with Crippen LogP contribution in [-0.2, 0) is 9.59 Å². The summed E-state index contributed by atoms with van der Waals surface area (Å²) in [6, 6.07) is 15.9. The Morgan fingerprint density at radius 1 is 1.00 bits per heavy atom. The van der Waals surface area contributed by atoms with Gasteiger partial charge >= 0.3 is 0 Å². The topological polar surface area (TPSA) is 98.5 Å². The van der Waals surface area contributed by atoms with Crippen LogP contribution in [0.3, 0.4) is 0 Å². The van der Waals surface area contributed by atoms with Crippen molar-refractivity contribution in [2.24, 2.45) is 0 Å². The summed E-state index contributed by atoms with van der Waals surface area (Å²) >= 11 is 5.31. The van der Waals surface area contributed by atoms with Crippen LogP contribution >= 0.6 is 12.2 Å². The van der Waals surface area contributed by atoms with E-state index in [-0.39, 0.29) is 16.2 Å². The van der Waals surface area contributed by atoms with Gasteiger partial charge in [-0.25, -0.2) is 4.98 Å². The molecule has 2 aromatic heterocycles. The van der Waals surface area contributed by atoms with Gasteiger partial charge in [0.1, 0.15) is 17.1 Å². The minimum absolute atomic E-state index is 0.00352. The molecule has 5 rings (SSSR count). The molecule has 3 heterocycles. The van der Waals surface area contributed by atoms with E-state index in [1.807, 2.05) is 32.9 Å². The molecule has 0 spiro atoms. The van der Waals surface area contributed by atoms with Crippen molar-refractivity contribution >= 4 is 51.8 Å². The summed E-state index contributed by atoms with van der Waals surface area (Å²) in [5.74, 6) is 0.0296. The van der Waals surface area contributed by atoms with Gasteiger partial charge in [-0.05, 0) is 94.0 Å². The molecule has 0 aliphatic carbocycles. The number of nitrogens with zero attached hydrogens (tertiary/aromatic N) is 4. The average molecular weight is 528 g/mol. The maximum absolute atomic E-state index is 13.5. The van der Waals surface area contributed by atoms with E-state index >= 15 is 0 Å². The van der Waals surface area contributed by atoms with Crippen LogP contribution in [0.5, 0.6) is 5.75 Å². The predicted molar refractivity (Wildman–Crippen MR) is 149 cm³/mol. The highest BCUT2D eigenvalue weighted by molar-refractivity contribution is 7.80. The van der Waals surface area contributed by atoms with Gasteiger partial charge in [0.25, 0.3) is 17.4 Å². The first-order valence-corrected chi connectivity index (χ1v) is 12.4. The van der Waals surface area contributed by atoms with Crippen molar-refractivity contribution in [3.05, 3.63) is 93.3 Å². The SMILES string of the molecule is CCOc1ccc(N2C(=O)C(=Cc3cc(C)n(-n4c(C)nc5ccccc5c4=O)c3C)C(=O)NC2=S)cc1. The number of benzene rings is 2. The monoisotopic (exact) mass is 527 g/mol. The Labute approximate surface area is 223 Å². The molecule has 4 aromatic rings. The largest absolute Gasteiger partial charge is 0.494 e. The lowest BCUT2D eigenvalue weighted by Gasteiger charge is -2.29. The number of hydrogen-bond acceptors (Lipinski definition) is 6. The van der Waals surface area contributed by atoms with Gasteiger partial charge in [-0.2, -0.15) is 4.68 Å². The molecule has 10 heteroatoms. The Kier molecular flexibility index (Phi) is 6.41. The summed E-state index contributed by atoms with van der Waals surface area (Å²) in [5.41, 5.74) is 2.84. The maximum atomic E-state index is 13.5. The van der Waals surface area contributed by atoms with Crippen LogP contribution in [0.15, 0.2) is 65.0 Å². The van der Waals surface area contributed by atoms with Crippen LogP contribution in [0, 0.1) is 20.8 Å². The normalized spacial score (nSPS) is 14.9. The minimum Gasteiger partial charge on any atom is -0.494 e. The summed E-state index contributed by atoms with van der Waals surface area (Å²) in [6.45, 7) is 7.83. The molecule has 1 saturated heterocycles. The van der Waals surface area contributed by atoms with Crippen molar-refractivity contribution in [1.82, 2.24) is 19.7 Å². The van der Waals surface area contributed by atoms with Gasteiger partial charge in [0, 0.05) is 11.4 Å². The molecule has 2 aromatic carbocycles. The van der Waals surface area contributed by atoms with Gasteiger partial charge < -0.3 is 4.74 Å². The third-order valence-corrected chi connectivity index (χ3v) is 6.64. The summed E-state index contributed by atoms with van der Waals surface area (Å²) in [6.07, 6.45) is 1.52. The number of nitrogens with one attached hydrogen (secondary N) is 1. The van der Waals surface area contributed by atoms with E-state index < -0.39 is 11.8 Å². The molecular formula is C28H25N5O4S. The van der Waals surface area contributed by atoms with Gasteiger partial charge in [0.05, 0.1) is 23.2 Å². The Bertz CT molecular complexity index is 1720. The second-order valence-electron chi connectivity index (χ2n) is 8.82. The molecule has 0 atom stereocenters. The van der Waals surface area contributed by atoms with E-state index in [0.29, 0.717) is 46.0 Å². The van der Waals surface area contributed by atoms with Crippen LogP contribution in [0.1, 0.15) is 29.7 Å². The maximum Gasteiger partial charge on any atom is 0.280 e. The number of carbonyl (C=O) groups excluding carboxylic acids is 2. The van der Waals surface area contributed by atoms with E-state index in [1.165, 1.54) is 15.7 Å². The molecule has 1 aliphatic rings. The number of aryl methyl sites for hydroxylation is 2. The summed E-state index contributed by atoms with van der Waals surface area (Å²) in [5, 5.41) is 3.09. The lowest BCUT2D eigenvalue weighted by atomic mass is 10.1. The summed E-state index contributed by atoms with van der Waals surface area (Å²) < 4.78 is 8.71. The van der Waals surface area contributed by atoms with Crippen LogP contribution in [0.4, 0.5) is 5.69 Å². The van der Waals surface area contributed by atoms with Crippen LogP contribution < -0.4 is 20.5 Å². The number of carbonyl (C=O) groups is 2. The predicted octanol–water partition coefficient (Wildman–Crippen LogP) is 3.66. The number of anilines is 1. The Morgan fingerprint density at radius 2 is 1.71 bits per heavy atom. The smallest absolute Gasteiger partial charge is 0.280 e. The number of aromatic nitrogens is 3. The first-order chi connectivity index (χ1) is 18.2. The lowest BCUT2D eigenvalue weighted by Crippen LogP contribution is -2.54. The Hall–Kier alpha value is -4.57. The van der Waals surface area contributed by atoms with Crippen LogP contribution in [0.25, 0.3) is 17.0 Å². The fourth-order valence-corrected chi connectivity index (χ4v) is 4.89. The van der Waals surface area contributed by atoms with Gasteiger partial charge in [-0.1, -0.05) is 12.1 Å². The number of para-hydroxylation sites is 1. The highest BCUT2D eigenvalue weighted by atomic mass is 32.1. The molecule has 38 heavy (non-hydrogen) atoms. The van der Waals surface area contributed by atoms with Gasteiger partial charge in [0.15, 0.2) is 5.11 Å². The third kappa shape index (κ3) is 4.18. The highest BCUT2D eigenvalue weighted by Crippen LogP contribution is 2.26. The van der Waals surface area contributed by atoms with Gasteiger partial charge in [-0.15, -0.1) is 0 Å². The van der Waals surface area contributed by atoms with Crippen molar-refractivity contribution in [1.29, 1.82) is 0 Å². The van der Waals surface area contributed by atoms with Crippen LogP contribution in [0.2, 0.25) is 0 Å². The number of amides is 2. The second-order valence-corrected chi connectivity index (χ2v) is 9.20. The molecule has 9 nitrogen and oxygen atoms in total. The number of fused-ring (bicyclic) bond motifs is 1. The first kappa shape index (κ1) is 25.1. The van der Waals surface area contributed by atoms with Gasteiger partial charge in [-0.3, -0.25) is 29.3 Å². The number of thiocarbonyl (C=S) groups is 1. The molecule has 0 unspecified atom stereocenters. The minimum atomic E-state index is -0.590. The summed E-state index contributed by atoms with van der Waals surface area (Å²) in [7, 11) is 0. The standard InChI is InChI=1S/C28H25N5O4S/c1-5-37-21-12-10-20(11-13-21)31-26(35)23(25(34)30-28(31)38)15-19-14-16(2)32(17(19)3)33-18(4)29-24-9-7-6-8-22(24)27(33)36/h6-15H,5H2,1-4H3,(H,30,34,38). The number of hydrogen-bond donors (Lipinski definition) is 1. The molecule has 1 aliphatic heterocycles. The quantitative estimate of drug-likeness (QED) is 0.242. The van der Waals surface area contributed by atoms with Crippen molar-refractivity contribution in [2.75, 3.05) is 11.5 Å². The zero-order valence-corrected chi connectivity index (χ0v) is 22.1. The Morgan fingerprint density at radius 3 is 2.42 bits per heavy atom. The van der Waals surface area contributed by atoms with E-state index in [1.54, 1.807) is 54.1 Å². The molecule has 0 bridgehead atoms. The van der Waals surface area contributed by atoms with E-state index in [2.05, 4.69) is 10.3 Å². The van der Waals surface area contributed by atoms with E-state index in [9.17, 15) is 14.4 Å². The zero-order chi connectivity index (χ0) is 27.1. The van der Waals surface area contributed by atoms with E-state index in [0.717, 1.165) is 5.69 Å². The Balaban J connectivity index is 1.57. The molecule has 0 saturated carbocycles. The number of rotatable bonds is 5. The van der Waals surface area contributed by atoms with Crippen molar-refractivity contribution in [3.8, 4) is 5.75 Å². The molecule has 192 valence electrons. The molecule has 2 amide bonds. The highest BCUT2D eigenvalue weighted by Gasteiger charge is 2.35. The zero-order valence-electron chi connectivity index (χ0n) is 21.3. The second kappa shape index (κ2) is 9.71. The molecule has 0 radical (unpaired) electrons. The molecule has 1 fully saturated rings. The summed E-state index contributed by atoms with van der Waals surface area (Å²) in [4.78, 5) is 45.6. The lowest BCUT2D eigenvalue weighted by molar-refractivity contribution is -0.122. The number of ether oxygens (including phenoxy) is 1. The molecular weight excluding hydrogens is 502 g/mol. The average Bonchev–Trinajstić information content (AvgIpc) is 3.15. The van der Waals surface area contributed by atoms with Crippen LogP contribution in [-0.4, -0.2) is 37.9 Å². The van der Waals surface area contributed by atoms with E-state index in [4.69, 9.17) is 17.0 Å². The van der Waals surface area contributed by atoms with Crippen molar-refractivity contribution in [3.63, 3.8) is 0 Å². The van der Waals surface area contributed by atoms with Gasteiger partial charge in [0.2, 0.25) is 0 Å². The third-order valence-electron chi connectivity index (χ3n) is 6.36. The fourth-order valence-electron chi connectivity index (χ4n) is 4.61. The van der Waals surface area contributed by atoms with Crippen molar-refractivity contribution in [2.45, 2.75) is 27.7 Å². The fraction of sp³-hybridized carbons (Fsp3) is 0.179. The molecule has 1 N–H and O–H groups in total. The first-order valence-electron chi connectivity index (χ1n) is 12.0.